The summed E-state index contributed by atoms with van der Waals surface area (Å²) in [6, 6.07) is 19.0. The van der Waals surface area contributed by atoms with Crippen LogP contribution in [0.3, 0.4) is 0 Å². The van der Waals surface area contributed by atoms with Gasteiger partial charge in [0.15, 0.2) is 0 Å². The molecule has 0 saturated carbocycles. The van der Waals surface area contributed by atoms with Crippen molar-refractivity contribution in [2.24, 2.45) is 0 Å². The maximum absolute atomic E-state index is 10.7. The Morgan fingerprint density at radius 1 is 0.824 bits per heavy atom. The summed E-state index contributed by atoms with van der Waals surface area (Å²) in [7, 11) is 0. The summed E-state index contributed by atoms with van der Waals surface area (Å²) in [4.78, 5) is 10.7. The highest BCUT2D eigenvalue weighted by molar-refractivity contribution is 5.61. The van der Waals surface area contributed by atoms with E-state index in [0.29, 0.717) is 0 Å². The Labute approximate surface area is 101 Å². The molecule has 1 atom stereocenters. The van der Waals surface area contributed by atoms with E-state index in [9.17, 15) is 9.90 Å². The van der Waals surface area contributed by atoms with Crippen molar-refractivity contribution in [1.29, 1.82) is 0 Å². The number of hydrogen-bond donors (Lipinski definition) is 1. The lowest BCUT2D eigenvalue weighted by atomic mass is 9.87. The van der Waals surface area contributed by atoms with Crippen LogP contribution >= 0.6 is 0 Å². The number of hydrogen-bond acceptors (Lipinski definition) is 2. The van der Waals surface area contributed by atoms with Crippen molar-refractivity contribution in [1.82, 2.24) is 0 Å². The van der Waals surface area contributed by atoms with Crippen molar-refractivity contribution in [2.75, 3.05) is 0 Å². The monoisotopic (exact) mass is 225 g/mol. The lowest BCUT2D eigenvalue weighted by molar-refractivity contribution is 0.216. The molecule has 0 fully saturated rings. The summed E-state index contributed by atoms with van der Waals surface area (Å²) in [5.74, 6) is -0.352. The molecule has 2 aromatic carbocycles. The van der Waals surface area contributed by atoms with Gasteiger partial charge in [0, 0.05) is 5.92 Å². The quantitative estimate of drug-likeness (QED) is 0.866. The normalized spacial score (nSPS) is 12.4. The van der Waals surface area contributed by atoms with E-state index < -0.39 is 6.10 Å². The van der Waals surface area contributed by atoms with Gasteiger partial charge >= 0.3 is 0 Å². The van der Waals surface area contributed by atoms with Crippen LogP contribution in [0.4, 0.5) is 0 Å². The minimum absolute atomic E-state index is 0.352. The van der Waals surface area contributed by atoms with Crippen LogP contribution < -0.4 is 0 Å². The minimum Gasteiger partial charge on any atom is -0.384 e. The van der Waals surface area contributed by atoms with E-state index in [4.69, 9.17) is 0 Å². The molecule has 2 heteroatoms. The highest BCUT2D eigenvalue weighted by atomic mass is 16.3. The maximum Gasteiger partial charge on any atom is 0.230 e. The predicted octanol–water partition coefficient (Wildman–Crippen LogP) is 2.29. The summed E-state index contributed by atoms with van der Waals surface area (Å²) in [6.45, 7) is 0. The fourth-order valence-electron chi connectivity index (χ4n) is 1.95. The molecule has 2 rings (SSSR count). The van der Waals surface area contributed by atoms with Crippen LogP contribution in [0.1, 0.15) is 17.0 Å². The average Bonchev–Trinajstić information content (AvgIpc) is 2.41. The van der Waals surface area contributed by atoms with Crippen molar-refractivity contribution in [3.8, 4) is 0 Å². The van der Waals surface area contributed by atoms with Gasteiger partial charge in [-0.1, -0.05) is 60.7 Å². The summed E-state index contributed by atoms with van der Waals surface area (Å²) in [5.41, 5.74) is 1.82. The van der Waals surface area contributed by atoms with E-state index >= 15 is 0 Å². The minimum atomic E-state index is -1.14. The molecule has 0 heterocycles. The summed E-state index contributed by atoms with van der Waals surface area (Å²) < 4.78 is 0. The van der Waals surface area contributed by atoms with Crippen LogP contribution in [-0.2, 0) is 4.79 Å². The third kappa shape index (κ3) is 2.60. The molecule has 0 spiro atoms. The average molecular weight is 225 g/mol. The molecule has 2 nitrogen and oxygen atoms in total. The topological polar surface area (TPSA) is 37.3 Å². The Kier molecular flexibility index (Phi) is 3.68. The number of rotatable bonds is 4. The van der Waals surface area contributed by atoms with Crippen molar-refractivity contribution in [2.45, 2.75) is 12.0 Å². The molecule has 0 saturated heterocycles. The molecular formula is C15H13O2. The molecule has 0 aromatic heterocycles. The molecule has 1 unspecified atom stereocenters. The molecule has 2 aromatic rings. The zero-order chi connectivity index (χ0) is 12.1. The molecule has 0 bridgehead atoms. The maximum atomic E-state index is 10.7. The van der Waals surface area contributed by atoms with Crippen LogP contribution in [0.5, 0.6) is 0 Å². The molecule has 1 radical (unpaired) electrons. The molecular weight excluding hydrogens is 212 g/mol. The SMILES string of the molecule is O=[C]C(O)C(c1ccccc1)c1ccccc1. The molecule has 0 aliphatic heterocycles. The number of benzene rings is 2. The van der Waals surface area contributed by atoms with E-state index in [-0.39, 0.29) is 5.92 Å². The van der Waals surface area contributed by atoms with Crippen molar-refractivity contribution >= 4 is 6.29 Å². The van der Waals surface area contributed by atoms with E-state index in [2.05, 4.69) is 0 Å². The van der Waals surface area contributed by atoms with Gasteiger partial charge in [0.1, 0.15) is 6.10 Å². The van der Waals surface area contributed by atoms with Gasteiger partial charge < -0.3 is 5.11 Å². The third-order valence-corrected chi connectivity index (χ3v) is 2.75. The van der Waals surface area contributed by atoms with E-state index in [1.54, 1.807) is 6.29 Å². The zero-order valence-corrected chi connectivity index (χ0v) is 9.28. The fourth-order valence-corrected chi connectivity index (χ4v) is 1.95. The van der Waals surface area contributed by atoms with Crippen LogP contribution in [-0.4, -0.2) is 17.5 Å². The van der Waals surface area contributed by atoms with Gasteiger partial charge in [0.2, 0.25) is 6.29 Å². The van der Waals surface area contributed by atoms with Gasteiger partial charge in [0.25, 0.3) is 0 Å². The highest BCUT2D eigenvalue weighted by Gasteiger charge is 2.22. The van der Waals surface area contributed by atoms with Crippen LogP contribution in [0.15, 0.2) is 60.7 Å². The lowest BCUT2D eigenvalue weighted by Crippen LogP contribution is -2.20. The van der Waals surface area contributed by atoms with Crippen molar-refractivity contribution < 1.29 is 9.90 Å². The van der Waals surface area contributed by atoms with Crippen molar-refractivity contribution in [3.05, 3.63) is 71.8 Å². The Morgan fingerprint density at radius 3 is 1.59 bits per heavy atom. The van der Waals surface area contributed by atoms with E-state index in [1.165, 1.54) is 0 Å². The predicted molar refractivity (Wildman–Crippen MR) is 66.4 cm³/mol. The van der Waals surface area contributed by atoms with Gasteiger partial charge in [-0.2, -0.15) is 0 Å². The first-order valence-electron chi connectivity index (χ1n) is 5.48. The Bertz CT molecular complexity index is 425. The van der Waals surface area contributed by atoms with Crippen molar-refractivity contribution in [3.63, 3.8) is 0 Å². The second kappa shape index (κ2) is 5.41. The molecule has 85 valence electrons. The zero-order valence-electron chi connectivity index (χ0n) is 9.28. The number of aliphatic hydroxyl groups is 1. The molecule has 1 N–H and O–H groups in total. The number of carbonyl (C=O) groups excluding carboxylic acids is 1. The first kappa shape index (κ1) is 11.6. The summed E-state index contributed by atoms with van der Waals surface area (Å²) >= 11 is 0. The Hall–Kier alpha value is -1.93. The summed E-state index contributed by atoms with van der Waals surface area (Å²) in [5, 5.41) is 9.80. The largest absolute Gasteiger partial charge is 0.384 e. The molecule has 0 amide bonds. The van der Waals surface area contributed by atoms with E-state index in [1.807, 2.05) is 60.7 Å². The molecule has 0 aliphatic carbocycles. The lowest BCUT2D eigenvalue weighted by Gasteiger charge is -2.19. The van der Waals surface area contributed by atoms with E-state index in [0.717, 1.165) is 11.1 Å². The van der Waals surface area contributed by atoms with Crippen LogP contribution in [0.25, 0.3) is 0 Å². The Morgan fingerprint density at radius 2 is 1.24 bits per heavy atom. The van der Waals surface area contributed by atoms with Gasteiger partial charge in [-0.25, -0.2) is 0 Å². The van der Waals surface area contributed by atoms with Gasteiger partial charge in [-0.15, -0.1) is 0 Å². The molecule has 17 heavy (non-hydrogen) atoms. The Balaban J connectivity index is 2.43. The highest BCUT2D eigenvalue weighted by Crippen LogP contribution is 2.27. The van der Waals surface area contributed by atoms with Crippen LogP contribution in [0.2, 0.25) is 0 Å². The second-order valence-corrected chi connectivity index (χ2v) is 3.86. The standard InChI is InChI=1S/C15H13O2/c16-11-14(17)15(12-7-3-1-4-8-12)13-9-5-2-6-10-13/h1-10,14-15,17H. The molecule has 0 aliphatic rings. The first-order chi connectivity index (χ1) is 8.33. The summed E-state index contributed by atoms with van der Waals surface area (Å²) in [6.07, 6.45) is 0.528. The number of aliphatic hydroxyl groups excluding tert-OH is 1. The first-order valence-corrected chi connectivity index (χ1v) is 5.48. The van der Waals surface area contributed by atoms with Gasteiger partial charge in [-0.05, 0) is 11.1 Å². The van der Waals surface area contributed by atoms with Gasteiger partial charge in [0.05, 0.1) is 0 Å². The van der Waals surface area contributed by atoms with Crippen LogP contribution in [0, 0.1) is 0 Å². The second-order valence-electron chi connectivity index (χ2n) is 3.86. The fraction of sp³-hybridized carbons (Fsp3) is 0.133. The smallest absolute Gasteiger partial charge is 0.230 e. The van der Waals surface area contributed by atoms with Gasteiger partial charge in [-0.3, -0.25) is 4.79 Å². The third-order valence-electron chi connectivity index (χ3n) is 2.75.